The molecule has 0 saturated carbocycles. The molecule has 2 aromatic rings. The lowest BCUT2D eigenvalue weighted by Gasteiger charge is -1.81. The van der Waals surface area contributed by atoms with Gasteiger partial charge in [-0.1, -0.05) is 0 Å². The average Bonchev–Trinajstić information content (AvgIpc) is 2.36. The summed E-state index contributed by atoms with van der Waals surface area (Å²) in [6, 6.07) is 3.56. The van der Waals surface area contributed by atoms with Crippen LogP contribution in [-0.2, 0) is 0 Å². The Balaban J connectivity index is 3.09. The van der Waals surface area contributed by atoms with Gasteiger partial charge in [-0.05, 0) is 17.5 Å². The number of hydrogen-bond donors (Lipinski definition) is 0. The fourth-order valence-electron chi connectivity index (χ4n) is 0.840. The third kappa shape index (κ3) is 0.675. The maximum absolute atomic E-state index is 10.9. The topological polar surface area (TPSA) is 30.2 Å². The first-order chi connectivity index (χ1) is 4.88. The quantitative estimate of drug-likeness (QED) is 0.576. The first kappa shape index (κ1) is 5.68. The molecule has 0 aliphatic carbocycles. The smallest absolute Gasteiger partial charge is 0.344 e. The van der Waals surface area contributed by atoms with Crippen molar-refractivity contribution in [3.63, 3.8) is 0 Å². The molecule has 0 saturated heterocycles. The van der Waals surface area contributed by atoms with Gasteiger partial charge in [0, 0.05) is 4.70 Å². The number of rotatable bonds is 0. The largest absolute Gasteiger partial charge is 0.431 e. The fraction of sp³-hybridized carbons (Fsp3) is 0. The van der Waals surface area contributed by atoms with Crippen LogP contribution in [0.15, 0.2) is 33.0 Å². The predicted octanol–water partition coefficient (Wildman–Crippen LogP) is 1.85. The molecule has 0 N–H and O–H groups in total. The molecule has 2 rings (SSSR count). The van der Waals surface area contributed by atoms with E-state index in [1.165, 1.54) is 6.26 Å². The third-order valence-corrected chi connectivity index (χ3v) is 2.19. The van der Waals surface area contributed by atoms with Gasteiger partial charge in [0.15, 0.2) is 0 Å². The van der Waals surface area contributed by atoms with Crippen LogP contribution in [0.4, 0.5) is 0 Å². The molecule has 0 radical (unpaired) electrons. The Bertz CT molecular complexity index is 399. The van der Waals surface area contributed by atoms with Crippen LogP contribution in [0.3, 0.4) is 0 Å². The first-order valence-electron chi connectivity index (χ1n) is 2.83. The van der Waals surface area contributed by atoms with Crippen molar-refractivity contribution in [3.05, 3.63) is 34.2 Å². The lowest BCUT2D eigenvalue weighted by Crippen LogP contribution is -1.94. The van der Waals surface area contributed by atoms with E-state index in [0.717, 1.165) is 4.70 Å². The SMILES string of the molecule is O=c1occc2sccc12. The van der Waals surface area contributed by atoms with Crippen molar-refractivity contribution in [2.75, 3.05) is 0 Å². The molecule has 10 heavy (non-hydrogen) atoms. The van der Waals surface area contributed by atoms with E-state index >= 15 is 0 Å². The Morgan fingerprint density at radius 2 is 2.30 bits per heavy atom. The molecule has 0 aliphatic rings. The van der Waals surface area contributed by atoms with Gasteiger partial charge >= 0.3 is 5.63 Å². The zero-order chi connectivity index (χ0) is 6.97. The van der Waals surface area contributed by atoms with E-state index in [1.807, 2.05) is 5.38 Å². The van der Waals surface area contributed by atoms with Crippen molar-refractivity contribution in [2.45, 2.75) is 0 Å². The molecule has 50 valence electrons. The molecule has 0 amide bonds. The summed E-state index contributed by atoms with van der Waals surface area (Å²) in [5.74, 6) is 0. The van der Waals surface area contributed by atoms with Crippen molar-refractivity contribution >= 4 is 21.4 Å². The number of fused-ring (bicyclic) bond motifs is 1. The molecule has 0 aliphatic heterocycles. The van der Waals surface area contributed by atoms with Crippen LogP contribution in [0.5, 0.6) is 0 Å². The molecule has 0 spiro atoms. The van der Waals surface area contributed by atoms with Crippen molar-refractivity contribution < 1.29 is 4.42 Å². The predicted molar refractivity (Wildman–Crippen MR) is 40.4 cm³/mol. The van der Waals surface area contributed by atoms with Gasteiger partial charge < -0.3 is 4.42 Å². The van der Waals surface area contributed by atoms with Gasteiger partial charge in [0.2, 0.25) is 0 Å². The Hall–Kier alpha value is -1.09. The van der Waals surface area contributed by atoms with Crippen LogP contribution < -0.4 is 5.63 Å². The minimum atomic E-state index is -0.251. The molecule has 0 aromatic carbocycles. The lowest BCUT2D eigenvalue weighted by atomic mass is 10.4. The maximum atomic E-state index is 10.9. The zero-order valence-corrected chi connectivity index (χ0v) is 5.85. The van der Waals surface area contributed by atoms with E-state index in [-0.39, 0.29) is 5.63 Å². The highest BCUT2D eigenvalue weighted by molar-refractivity contribution is 7.17. The van der Waals surface area contributed by atoms with Crippen LogP contribution in [0.25, 0.3) is 10.1 Å². The molecule has 2 aromatic heterocycles. The molecule has 2 nitrogen and oxygen atoms in total. The number of thiophene rings is 1. The molecular formula is C7H4O2S. The highest BCUT2D eigenvalue weighted by Crippen LogP contribution is 2.15. The van der Waals surface area contributed by atoms with E-state index in [2.05, 4.69) is 4.42 Å². The fourth-order valence-corrected chi connectivity index (χ4v) is 1.60. The second-order valence-electron chi connectivity index (χ2n) is 1.91. The minimum Gasteiger partial charge on any atom is -0.431 e. The summed E-state index contributed by atoms with van der Waals surface area (Å²) >= 11 is 1.54. The summed E-state index contributed by atoms with van der Waals surface area (Å²) < 4.78 is 5.63. The van der Waals surface area contributed by atoms with Gasteiger partial charge in [0.25, 0.3) is 0 Å². The zero-order valence-electron chi connectivity index (χ0n) is 5.03. The normalized spacial score (nSPS) is 10.4. The van der Waals surface area contributed by atoms with E-state index in [0.29, 0.717) is 5.39 Å². The molecule has 0 atom stereocenters. The van der Waals surface area contributed by atoms with Gasteiger partial charge in [-0.15, -0.1) is 11.3 Å². The monoisotopic (exact) mass is 152 g/mol. The average molecular weight is 152 g/mol. The molecule has 3 heteroatoms. The van der Waals surface area contributed by atoms with Crippen molar-refractivity contribution in [3.8, 4) is 0 Å². The van der Waals surface area contributed by atoms with Crippen LogP contribution in [0.2, 0.25) is 0 Å². The van der Waals surface area contributed by atoms with E-state index in [9.17, 15) is 4.79 Å². The summed E-state index contributed by atoms with van der Waals surface area (Å²) in [6.45, 7) is 0. The highest BCUT2D eigenvalue weighted by atomic mass is 32.1. The second kappa shape index (κ2) is 1.95. The van der Waals surface area contributed by atoms with Crippen molar-refractivity contribution in [1.82, 2.24) is 0 Å². The highest BCUT2D eigenvalue weighted by Gasteiger charge is 1.97. The summed E-state index contributed by atoms with van der Waals surface area (Å²) in [7, 11) is 0. The molecule has 2 heterocycles. The van der Waals surface area contributed by atoms with Gasteiger partial charge in [-0.3, -0.25) is 0 Å². The maximum Gasteiger partial charge on any atom is 0.344 e. The number of hydrogen-bond acceptors (Lipinski definition) is 3. The third-order valence-electron chi connectivity index (χ3n) is 1.31. The van der Waals surface area contributed by atoms with Crippen molar-refractivity contribution in [1.29, 1.82) is 0 Å². The van der Waals surface area contributed by atoms with Crippen molar-refractivity contribution in [2.24, 2.45) is 0 Å². The van der Waals surface area contributed by atoms with Gasteiger partial charge in [0.05, 0.1) is 11.6 Å². The Morgan fingerprint density at radius 3 is 3.10 bits per heavy atom. The standard InChI is InChI=1S/C7H4O2S/c8-7-5-2-4-10-6(5)1-3-9-7/h1-4H. The lowest BCUT2D eigenvalue weighted by molar-refractivity contribution is 0.520. The van der Waals surface area contributed by atoms with Crippen LogP contribution in [-0.4, -0.2) is 0 Å². The molecular weight excluding hydrogens is 148 g/mol. The summed E-state index contributed by atoms with van der Waals surface area (Å²) in [4.78, 5) is 10.9. The van der Waals surface area contributed by atoms with Crippen LogP contribution in [0.1, 0.15) is 0 Å². The van der Waals surface area contributed by atoms with Gasteiger partial charge in [-0.2, -0.15) is 0 Å². The van der Waals surface area contributed by atoms with Gasteiger partial charge in [0.1, 0.15) is 0 Å². The Kier molecular flexibility index (Phi) is 1.11. The summed E-state index contributed by atoms with van der Waals surface area (Å²) in [5, 5.41) is 2.55. The van der Waals surface area contributed by atoms with Crippen LogP contribution >= 0.6 is 11.3 Å². The molecule has 0 unspecified atom stereocenters. The van der Waals surface area contributed by atoms with E-state index in [1.54, 1.807) is 23.5 Å². The minimum absolute atomic E-state index is 0.251. The second-order valence-corrected chi connectivity index (χ2v) is 2.85. The van der Waals surface area contributed by atoms with Gasteiger partial charge in [-0.25, -0.2) is 4.79 Å². The Labute approximate surface area is 60.7 Å². The first-order valence-corrected chi connectivity index (χ1v) is 3.71. The molecule has 0 bridgehead atoms. The summed E-state index contributed by atoms with van der Waals surface area (Å²) in [5.41, 5.74) is -0.251. The summed E-state index contributed by atoms with van der Waals surface area (Å²) in [6.07, 6.45) is 1.42. The molecule has 0 fully saturated rings. The van der Waals surface area contributed by atoms with E-state index in [4.69, 9.17) is 0 Å². The van der Waals surface area contributed by atoms with E-state index < -0.39 is 0 Å². The Morgan fingerprint density at radius 1 is 1.40 bits per heavy atom. The van der Waals surface area contributed by atoms with Crippen LogP contribution in [0, 0.1) is 0 Å².